The first-order chi connectivity index (χ1) is 11.8. The molecule has 1 amide bonds. The third kappa shape index (κ3) is 5.25. The number of carbonyl (C=O) groups is 1. The van der Waals surface area contributed by atoms with Crippen molar-refractivity contribution in [3.8, 4) is 0 Å². The van der Waals surface area contributed by atoms with Crippen LogP contribution in [0, 0.1) is 0 Å². The first kappa shape index (κ1) is 19.4. The van der Waals surface area contributed by atoms with Gasteiger partial charge in [0.2, 0.25) is 10.0 Å². The molecule has 2 rings (SSSR count). The van der Waals surface area contributed by atoms with Crippen molar-refractivity contribution in [2.24, 2.45) is 0 Å². The predicted octanol–water partition coefficient (Wildman–Crippen LogP) is 1.16. The Balaban J connectivity index is 2.01. The monoisotopic (exact) mass is 382 g/mol. The van der Waals surface area contributed by atoms with E-state index in [9.17, 15) is 13.2 Å². The summed E-state index contributed by atoms with van der Waals surface area (Å²) < 4.78 is 26.6. The molecule has 1 fully saturated rings. The largest absolute Gasteiger partial charge is 0.358 e. The highest BCUT2D eigenvalue weighted by Crippen LogP contribution is 2.21. The number of nitrogens with one attached hydrogen (secondary N) is 3. The van der Waals surface area contributed by atoms with E-state index in [1.54, 1.807) is 12.1 Å². The number of nitrogens with zero attached hydrogens (tertiary/aromatic N) is 1. The maximum atomic E-state index is 12.6. The molecule has 136 valence electrons. The van der Waals surface area contributed by atoms with Crippen molar-refractivity contribution in [3.05, 3.63) is 42.0 Å². The zero-order chi connectivity index (χ0) is 18.4. The third-order valence-electron chi connectivity index (χ3n) is 3.64. The molecule has 1 saturated heterocycles. The standard InChI is InChI=1S/C16H22N4O3S2/c1-12(2)11-17-16(24)19-18-15(21)13-6-5-7-14(10-13)25(22,23)20-8-3-4-9-20/h5-7,10H,1,3-4,8-9,11H2,2H3,(H,18,21)(H2,17,19,24). The van der Waals surface area contributed by atoms with Gasteiger partial charge in [-0.2, -0.15) is 4.31 Å². The summed E-state index contributed by atoms with van der Waals surface area (Å²) in [5.41, 5.74) is 6.14. The van der Waals surface area contributed by atoms with Crippen molar-refractivity contribution in [1.29, 1.82) is 0 Å². The minimum Gasteiger partial charge on any atom is -0.358 e. The Morgan fingerprint density at radius 2 is 1.96 bits per heavy atom. The van der Waals surface area contributed by atoms with E-state index in [0.717, 1.165) is 18.4 Å². The van der Waals surface area contributed by atoms with Crippen LogP contribution in [0.4, 0.5) is 0 Å². The highest BCUT2D eigenvalue weighted by molar-refractivity contribution is 7.89. The van der Waals surface area contributed by atoms with Crippen LogP contribution in [0.5, 0.6) is 0 Å². The SMILES string of the molecule is C=C(C)CNC(=S)NNC(=O)c1cccc(S(=O)(=O)N2CCCC2)c1. The molecule has 0 atom stereocenters. The molecule has 0 aliphatic carbocycles. The van der Waals surface area contributed by atoms with Crippen LogP contribution in [0.25, 0.3) is 0 Å². The van der Waals surface area contributed by atoms with Crippen LogP contribution in [-0.4, -0.2) is 43.4 Å². The fraction of sp³-hybridized carbons (Fsp3) is 0.375. The Bertz CT molecular complexity index is 771. The Labute approximate surface area is 153 Å². The van der Waals surface area contributed by atoms with Gasteiger partial charge in [-0.15, -0.1) is 0 Å². The summed E-state index contributed by atoms with van der Waals surface area (Å²) in [6, 6.07) is 5.96. The van der Waals surface area contributed by atoms with Crippen LogP contribution in [0.3, 0.4) is 0 Å². The third-order valence-corrected chi connectivity index (χ3v) is 5.78. The molecule has 0 saturated carbocycles. The molecular formula is C16H22N4O3S2. The summed E-state index contributed by atoms with van der Waals surface area (Å²) in [6.07, 6.45) is 1.72. The first-order valence-corrected chi connectivity index (χ1v) is 9.74. The zero-order valence-electron chi connectivity index (χ0n) is 14.0. The van der Waals surface area contributed by atoms with Crippen LogP contribution in [0.15, 0.2) is 41.3 Å². The van der Waals surface area contributed by atoms with E-state index < -0.39 is 15.9 Å². The van der Waals surface area contributed by atoms with Crippen LogP contribution < -0.4 is 16.2 Å². The molecule has 0 bridgehead atoms. The molecular weight excluding hydrogens is 360 g/mol. The van der Waals surface area contributed by atoms with Crippen LogP contribution >= 0.6 is 12.2 Å². The molecule has 0 radical (unpaired) electrons. The molecule has 0 spiro atoms. The zero-order valence-corrected chi connectivity index (χ0v) is 15.7. The lowest BCUT2D eigenvalue weighted by Gasteiger charge is -2.16. The normalized spacial score (nSPS) is 14.8. The smallest absolute Gasteiger partial charge is 0.269 e. The van der Waals surface area contributed by atoms with Crippen LogP contribution in [-0.2, 0) is 10.0 Å². The molecule has 0 aromatic heterocycles. The maximum absolute atomic E-state index is 12.6. The summed E-state index contributed by atoms with van der Waals surface area (Å²) in [4.78, 5) is 12.3. The molecule has 1 aliphatic rings. The highest BCUT2D eigenvalue weighted by atomic mass is 32.2. The fourth-order valence-electron chi connectivity index (χ4n) is 2.34. The molecule has 9 heteroatoms. The summed E-state index contributed by atoms with van der Waals surface area (Å²) in [5.74, 6) is -0.474. The topological polar surface area (TPSA) is 90.5 Å². The number of carbonyl (C=O) groups excluding carboxylic acids is 1. The number of hydrogen-bond acceptors (Lipinski definition) is 4. The fourth-order valence-corrected chi connectivity index (χ4v) is 4.02. The van der Waals surface area contributed by atoms with E-state index in [0.29, 0.717) is 19.6 Å². The number of hydrazine groups is 1. The second-order valence-corrected chi connectivity index (χ2v) is 8.20. The van der Waals surface area contributed by atoms with Crippen molar-refractivity contribution in [3.63, 3.8) is 0 Å². The van der Waals surface area contributed by atoms with Crippen molar-refractivity contribution in [1.82, 2.24) is 20.5 Å². The van der Waals surface area contributed by atoms with Gasteiger partial charge in [0.15, 0.2) is 5.11 Å². The van der Waals surface area contributed by atoms with Gasteiger partial charge in [-0.3, -0.25) is 15.6 Å². The molecule has 25 heavy (non-hydrogen) atoms. The second kappa shape index (κ2) is 8.41. The summed E-state index contributed by atoms with van der Waals surface area (Å²) in [5, 5.41) is 3.11. The van der Waals surface area contributed by atoms with Gasteiger partial charge in [0.1, 0.15) is 0 Å². The Hall–Kier alpha value is -1.97. The van der Waals surface area contributed by atoms with Gasteiger partial charge in [-0.1, -0.05) is 18.2 Å². The predicted molar refractivity (Wildman–Crippen MR) is 100 cm³/mol. The van der Waals surface area contributed by atoms with E-state index in [1.165, 1.54) is 16.4 Å². The number of thiocarbonyl (C=S) groups is 1. The molecule has 7 nitrogen and oxygen atoms in total. The number of amides is 1. The highest BCUT2D eigenvalue weighted by Gasteiger charge is 2.27. The van der Waals surface area contributed by atoms with Crippen molar-refractivity contribution in [2.45, 2.75) is 24.7 Å². The van der Waals surface area contributed by atoms with Gasteiger partial charge in [-0.25, -0.2) is 8.42 Å². The summed E-state index contributed by atoms with van der Waals surface area (Å²) in [7, 11) is -3.56. The molecule has 1 aromatic rings. The van der Waals surface area contributed by atoms with Crippen LogP contribution in [0.1, 0.15) is 30.1 Å². The Morgan fingerprint density at radius 1 is 1.28 bits per heavy atom. The van der Waals surface area contributed by atoms with E-state index in [2.05, 4.69) is 22.7 Å². The van der Waals surface area contributed by atoms with Crippen molar-refractivity contribution in [2.75, 3.05) is 19.6 Å². The molecule has 0 unspecified atom stereocenters. The minimum atomic E-state index is -3.56. The van der Waals surface area contributed by atoms with E-state index in [1.807, 2.05) is 6.92 Å². The number of sulfonamides is 1. The average molecular weight is 383 g/mol. The van der Waals surface area contributed by atoms with Gasteiger partial charge in [0, 0.05) is 25.2 Å². The second-order valence-electron chi connectivity index (χ2n) is 5.86. The lowest BCUT2D eigenvalue weighted by molar-refractivity contribution is 0.0943. The van der Waals surface area contributed by atoms with Gasteiger partial charge in [0.25, 0.3) is 5.91 Å². The molecule has 1 heterocycles. The van der Waals surface area contributed by atoms with Gasteiger partial charge in [-0.05, 0) is 50.2 Å². The maximum Gasteiger partial charge on any atom is 0.269 e. The lowest BCUT2D eigenvalue weighted by Crippen LogP contribution is -2.47. The van der Waals surface area contributed by atoms with E-state index >= 15 is 0 Å². The van der Waals surface area contributed by atoms with E-state index in [-0.39, 0.29) is 15.6 Å². The summed E-state index contributed by atoms with van der Waals surface area (Å²) in [6.45, 7) is 7.11. The van der Waals surface area contributed by atoms with Gasteiger partial charge >= 0.3 is 0 Å². The minimum absolute atomic E-state index is 0.116. The summed E-state index contributed by atoms with van der Waals surface area (Å²) >= 11 is 5.02. The molecule has 1 aromatic carbocycles. The first-order valence-electron chi connectivity index (χ1n) is 7.89. The lowest BCUT2D eigenvalue weighted by atomic mass is 10.2. The number of rotatable bonds is 5. The van der Waals surface area contributed by atoms with Crippen molar-refractivity contribution < 1.29 is 13.2 Å². The van der Waals surface area contributed by atoms with Crippen molar-refractivity contribution >= 4 is 33.3 Å². The Morgan fingerprint density at radius 3 is 2.60 bits per heavy atom. The van der Waals surface area contributed by atoms with E-state index in [4.69, 9.17) is 12.2 Å². The van der Waals surface area contributed by atoms with Crippen LogP contribution in [0.2, 0.25) is 0 Å². The quantitative estimate of drug-likeness (QED) is 0.402. The van der Waals surface area contributed by atoms with Gasteiger partial charge in [0.05, 0.1) is 4.90 Å². The number of benzene rings is 1. The van der Waals surface area contributed by atoms with Gasteiger partial charge < -0.3 is 5.32 Å². The molecule has 3 N–H and O–H groups in total. The average Bonchev–Trinajstić information content (AvgIpc) is 3.13. The number of hydrogen-bond donors (Lipinski definition) is 3. The Kier molecular flexibility index (Phi) is 6.51. The molecule has 1 aliphatic heterocycles.